The number of alkyl halides is 3. The normalized spacial score (nSPS) is 19.4. The van der Waals surface area contributed by atoms with Gasteiger partial charge in [0.25, 0.3) is 0 Å². The minimum Gasteiger partial charge on any atom is -0.370 e. The second-order valence-electron chi connectivity index (χ2n) is 4.88. The molecule has 1 amide bonds. The molecule has 0 saturated carbocycles. The van der Waals surface area contributed by atoms with Crippen LogP contribution >= 0.6 is 0 Å². The summed E-state index contributed by atoms with van der Waals surface area (Å²) in [6, 6.07) is 3.51. The van der Waals surface area contributed by atoms with E-state index < -0.39 is 11.7 Å². The number of benzene rings is 1. The fraction of sp³-hybridized carbons (Fsp3) is 0.462. The molecule has 1 heterocycles. The molecule has 1 aliphatic heterocycles. The molecule has 110 valence electrons. The summed E-state index contributed by atoms with van der Waals surface area (Å²) < 4.78 is 38.0. The third-order valence-electron chi connectivity index (χ3n) is 3.56. The van der Waals surface area contributed by atoms with Crippen molar-refractivity contribution in [1.29, 1.82) is 0 Å². The molecule has 0 bridgehead atoms. The van der Waals surface area contributed by atoms with Gasteiger partial charge in [-0.1, -0.05) is 0 Å². The highest BCUT2D eigenvalue weighted by Crippen LogP contribution is 2.34. The zero-order valence-corrected chi connectivity index (χ0v) is 10.8. The van der Waals surface area contributed by atoms with E-state index in [1.807, 2.05) is 4.90 Å². The number of primary amides is 1. The summed E-state index contributed by atoms with van der Waals surface area (Å²) >= 11 is 0. The number of amides is 1. The molecule has 1 fully saturated rings. The molecule has 4 nitrogen and oxygen atoms in total. The van der Waals surface area contributed by atoms with Crippen molar-refractivity contribution in [3.05, 3.63) is 29.3 Å². The van der Waals surface area contributed by atoms with Gasteiger partial charge in [0.15, 0.2) is 0 Å². The zero-order valence-electron chi connectivity index (χ0n) is 10.8. The second kappa shape index (κ2) is 5.32. The van der Waals surface area contributed by atoms with Crippen molar-refractivity contribution in [2.24, 2.45) is 17.4 Å². The van der Waals surface area contributed by atoms with Crippen molar-refractivity contribution in [2.75, 3.05) is 18.0 Å². The number of carbonyl (C=O) groups excluding carboxylic acids is 1. The van der Waals surface area contributed by atoms with Gasteiger partial charge in [-0.3, -0.25) is 4.79 Å². The molecule has 1 saturated heterocycles. The number of nitrogens with zero attached hydrogens (tertiary/aromatic N) is 1. The van der Waals surface area contributed by atoms with Crippen LogP contribution in [0, 0.1) is 5.92 Å². The zero-order chi connectivity index (χ0) is 14.9. The molecule has 1 unspecified atom stereocenters. The maximum Gasteiger partial charge on any atom is 0.416 e. The molecule has 20 heavy (non-hydrogen) atoms. The monoisotopic (exact) mass is 287 g/mol. The molecule has 0 radical (unpaired) electrons. The Kier molecular flexibility index (Phi) is 3.89. The first-order valence-electron chi connectivity index (χ1n) is 6.27. The Morgan fingerprint density at radius 1 is 1.40 bits per heavy atom. The lowest BCUT2D eigenvalue weighted by molar-refractivity contribution is -0.137. The fourth-order valence-electron chi connectivity index (χ4n) is 2.45. The Labute approximate surface area is 114 Å². The Morgan fingerprint density at radius 2 is 2.10 bits per heavy atom. The van der Waals surface area contributed by atoms with Crippen molar-refractivity contribution < 1.29 is 18.0 Å². The van der Waals surface area contributed by atoms with Crippen LogP contribution in [-0.2, 0) is 17.5 Å². The number of carbonyl (C=O) groups is 1. The Bertz CT molecular complexity index is 516. The van der Waals surface area contributed by atoms with Crippen LogP contribution in [0.15, 0.2) is 18.2 Å². The first kappa shape index (κ1) is 14.6. The van der Waals surface area contributed by atoms with Crippen LogP contribution in [0.5, 0.6) is 0 Å². The average molecular weight is 287 g/mol. The average Bonchev–Trinajstić information content (AvgIpc) is 2.86. The molecule has 0 aliphatic carbocycles. The highest BCUT2D eigenvalue weighted by molar-refractivity contribution is 5.78. The van der Waals surface area contributed by atoms with Crippen molar-refractivity contribution in [1.82, 2.24) is 0 Å². The van der Waals surface area contributed by atoms with Crippen LogP contribution in [0.25, 0.3) is 0 Å². The van der Waals surface area contributed by atoms with Gasteiger partial charge < -0.3 is 16.4 Å². The van der Waals surface area contributed by atoms with Gasteiger partial charge in [-0.15, -0.1) is 0 Å². The van der Waals surface area contributed by atoms with Gasteiger partial charge in [0.2, 0.25) is 5.91 Å². The van der Waals surface area contributed by atoms with Crippen molar-refractivity contribution in [3.8, 4) is 0 Å². The van der Waals surface area contributed by atoms with Gasteiger partial charge in [0, 0.05) is 25.3 Å². The van der Waals surface area contributed by atoms with Gasteiger partial charge in [0.1, 0.15) is 0 Å². The van der Waals surface area contributed by atoms with Crippen molar-refractivity contribution >= 4 is 11.6 Å². The first-order chi connectivity index (χ1) is 9.32. The standard InChI is InChI=1S/C13H16F3N3O/c14-13(15,16)10-1-2-11(9(5-10)6-17)19-4-3-8(7-19)12(18)20/h1-2,5,8H,3-4,6-7,17H2,(H2,18,20). The lowest BCUT2D eigenvalue weighted by atomic mass is 10.1. The summed E-state index contributed by atoms with van der Waals surface area (Å²) in [6.07, 6.45) is -3.77. The molecule has 7 heteroatoms. The third-order valence-corrected chi connectivity index (χ3v) is 3.56. The molecule has 4 N–H and O–H groups in total. The highest BCUT2D eigenvalue weighted by Gasteiger charge is 2.32. The number of anilines is 1. The summed E-state index contributed by atoms with van der Waals surface area (Å²) in [5.74, 6) is -0.642. The number of halogens is 3. The summed E-state index contributed by atoms with van der Waals surface area (Å²) in [6.45, 7) is 1.02. The highest BCUT2D eigenvalue weighted by atomic mass is 19.4. The maximum atomic E-state index is 12.7. The van der Waals surface area contributed by atoms with E-state index >= 15 is 0 Å². The second-order valence-corrected chi connectivity index (χ2v) is 4.88. The predicted molar refractivity (Wildman–Crippen MR) is 68.8 cm³/mol. The molecular weight excluding hydrogens is 271 g/mol. The van der Waals surface area contributed by atoms with E-state index in [-0.39, 0.29) is 18.4 Å². The van der Waals surface area contributed by atoms with E-state index in [4.69, 9.17) is 11.5 Å². The molecule has 1 aliphatic rings. The van der Waals surface area contributed by atoms with E-state index in [0.717, 1.165) is 12.1 Å². The van der Waals surface area contributed by atoms with Gasteiger partial charge in [0.05, 0.1) is 11.5 Å². The molecule has 1 aromatic carbocycles. The van der Waals surface area contributed by atoms with Crippen LogP contribution in [0.3, 0.4) is 0 Å². The van der Waals surface area contributed by atoms with E-state index in [9.17, 15) is 18.0 Å². The summed E-state index contributed by atoms with van der Waals surface area (Å²) in [7, 11) is 0. The van der Waals surface area contributed by atoms with Crippen LogP contribution < -0.4 is 16.4 Å². The van der Waals surface area contributed by atoms with Gasteiger partial charge in [-0.05, 0) is 30.2 Å². The van der Waals surface area contributed by atoms with Crippen LogP contribution in [-0.4, -0.2) is 19.0 Å². The number of rotatable bonds is 3. The lowest BCUT2D eigenvalue weighted by Gasteiger charge is -2.22. The maximum absolute atomic E-state index is 12.7. The van der Waals surface area contributed by atoms with E-state index in [1.54, 1.807) is 0 Å². The number of nitrogens with two attached hydrogens (primary N) is 2. The van der Waals surface area contributed by atoms with Gasteiger partial charge in [-0.2, -0.15) is 13.2 Å². The summed E-state index contributed by atoms with van der Waals surface area (Å²) in [5, 5.41) is 0. The molecule has 1 aromatic rings. The largest absolute Gasteiger partial charge is 0.416 e. The minimum atomic E-state index is -4.39. The molecule has 2 rings (SSSR count). The van der Waals surface area contributed by atoms with E-state index in [2.05, 4.69) is 0 Å². The first-order valence-corrected chi connectivity index (χ1v) is 6.27. The van der Waals surface area contributed by atoms with Crippen LogP contribution in [0.4, 0.5) is 18.9 Å². The van der Waals surface area contributed by atoms with E-state index in [0.29, 0.717) is 30.8 Å². The van der Waals surface area contributed by atoms with Crippen LogP contribution in [0.2, 0.25) is 0 Å². The smallest absolute Gasteiger partial charge is 0.370 e. The Hall–Kier alpha value is -1.76. The molecular formula is C13H16F3N3O. The predicted octanol–water partition coefficient (Wildman–Crippen LogP) is 1.48. The topological polar surface area (TPSA) is 72.3 Å². The summed E-state index contributed by atoms with van der Waals surface area (Å²) in [4.78, 5) is 13.0. The quantitative estimate of drug-likeness (QED) is 0.884. The summed E-state index contributed by atoms with van der Waals surface area (Å²) in [5.41, 5.74) is 11.1. The van der Waals surface area contributed by atoms with Crippen molar-refractivity contribution in [2.45, 2.75) is 19.1 Å². The molecule has 0 aromatic heterocycles. The number of hydrogen-bond donors (Lipinski definition) is 2. The third kappa shape index (κ3) is 2.87. The van der Waals surface area contributed by atoms with Gasteiger partial charge in [-0.25, -0.2) is 0 Å². The van der Waals surface area contributed by atoms with E-state index in [1.165, 1.54) is 6.07 Å². The molecule has 1 atom stereocenters. The minimum absolute atomic E-state index is 0.0109. The van der Waals surface area contributed by atoms with Crippen LogP contribution in [0.1, 0.15) is 17.5 Å². The Balaban J connectivity index is 2.27. The lowest BCUT2D eigenvalue weighted by Crippen LogP contribution is -2.28. The SMILES string of the molecule is NCc1cc(C(F)(F)F)ccc1N1CCC(C(N)=O)C1. The molecule has 0 spiro atoms. The fourth-order valence-corrected chi connectivity index (χ4v) is 2.45. The van der Waals surface area contributed by atoms with Gasteiger partial charge >= 0.3 is 6.18 Å². The van der Waals surface area contributed by atoms with Crippen molar-refractivity contribution in [3.63, 3.8) is 0 Å². The number of hydrogen-bond acceptors (Lipinski definition) is 3. The Morgan fingerprint density at radius 3 is 2.60 bits per heavy atom.